The Kier molecular flexibility index (Phi) is 7.42. The molecule has 0 unspecified atom stereocenters. The molecule has 19 heavy (non-hydrogen) atoms. The van der Waals surface area contributed by atoms with Gasteiger partial charge in [-0.1, -0.05) is 9.95 Å². The molecule has 0 saturated carbocycles. The van der Waals surface area contributed by atoms with Crippen LogP contribution in [0, 0.1) is 6.92 Å². The number of benzene rings is 1. The molecule has 0 bridgehead atoms. The van der Waals surface area contributed by atoms with Gasteiger partial charge in [0.25, 0.3) is 0 Å². The maximum Gasteiger partial charge on any atom is 1.00 e. The van der Waals surface area contributed by atoms with Crippen LogP contribution in [0.15, 0.2) is 12.1 Å². The zero-order valence-corrected chi connectivity index (χ0v) is 14.9. The Balaban J connectivity index is 0.00000324. The fourth-order valence-electron chi connectivity index (χ4n) is 1.32. The van der Waals surface area contributed by atoms with Crippen molar-refractivity contribution in [2.45, 2.75) is 12.7 Å². The van der Waals surface area contributed by atoms with E-state index in [0.29, 0.717) is 6.07 Å². The van der Waals surface area contributed by atoms with Crippen LogP contribution in [0.1, 0.15) is 11.1 Å². The maximum absolute atomic E-state index is 12.6. The minimum absolute atomic E-state index is 0. The zero-order valence-electron chi connectivity index (χ0n) is 10.0. The van der Waals surface area contributed by atoms with Crippen LogP contribution in [-0.4, -0.2) is 15.4 Å². The second-order valence-corrected chi connectivity index (χ2v) is 4.78. The monoisotopic (exact) mass is 342 g/mol. The number of hydrogen-bond acceptors (Lipinski definition) is 4. The molecule has 0 spiro atoms. The fourth-order valence-corrected chi connectivity index (χ4v) is 2.03. The van der Waals surface area contributed by atoms with Crippen molar-refractivity contribution < 1.29 is 80.8 Å². The van der Waals surface area contributed by atoms with Crippen LogP contribution in [0.2, 0.25) is 0 Å². The summed E-state index contributed by atoms with van der Waals surface area (Å²) in [5.41, 5.74) is -0.855. The molecule has 0 atom stereocenters. The summed E-state index contributed by atoms with van der Waals surface area (Å²) in [7, 11) is -5.37. The summed E-state index contributed by atoms with van der Waals surface area (Å²) in [6.07, 6.45) is 0. The van der Waals surface area contributed by atoms with Gasteiger partial charge in [0.15, 0.2) is 0 Å². The molecule has 1 aromatic rings. The Bertz CT molecular complexity index is 562. The van der Waals surface area contributed by atoms with Crippen molar-refractivity contribution in [3.8, 4) is 5.75 Å². The van der Waals surface area contributed by atoms with Gasteiger partial charge in [-0.2, -0.15) is 21.0 Å². The summed E-state index contributed by atoms with van der Waals surface area (Å²) in [4.78, 5) is 0. The van der Waals surface area contributed by atoms with Gasteiger partial charge in [-0.05, 0) is 24.1 Å². The molecule has 0 aliphatic heterocycles. The van der Waals surface area contributed by atoms with Crippen LogP contribution in [0.5, 0.6) is 5.75 Å². The van der Waals surface area contributed by atoms with Crippen molar-refractivity contribution in [1.29, 1.82) is 0 Å². The van der Waals surface area contributed by atoms with Gasteiger partial charge in [0.1, 0.15) is 5.75 Å². The van der Waals surface area contributed by atoms with Crippen LogP contribution in [0.3, 0.4) is 0 Å². The van der Waals surface area contributed by atoms with E-state index in [2.05, 4.69) is 16.8 Å². The Morgan fingerprint density at radius 2 is 1.84 bits per heavy atom. The summed E-state index contributed by atoms with van der Waals surface area (Å²) < 4.78 is 74.7. The summed E-state index contributed by atoms with van der Waals surface area (Å²) in [5.74, 6) is -0.743. The van der Waals surface area contributed by atoms with Crippen LogP contribution in [0.25, 0.3) is 0 Å². The number of hydrogen-bond donors (Lipinski definition) is 1. The van der Waals surface area contributed by atoms with E-state index in [1.807, 2.05) is 0 Å². The SMILES string of the molecule is Cc1c(CS)cc([B-](F)(F)F)cc1OS(=O)(=O)F.[K+]. The van der Waals surface area contributed by atoms with Gasteiger partial charge in [-0.3, -0.25) is 0 Å². The van der Waals surface area contributed by atoms with Crippen molar-refractivity contribution in [2.24, 2.45) is 0 Å². The van der Waals surface area contributed by atoms with Crippen LogP contribution in [-0.2, 0) is 16.3 Å². The first kappa shape index (κ1) is 19.7. The van der Waals surface area contributed by atoms with Gasteiger partial charge in [-0.25, -0.2) is 0 Å². The van der Waals surface area contributed by atoms with Crippen LogP contribution < -0.4 is 61.0 Å². The van der Waals surface area contributed by atoms with Gasteiger partial charge in [0.2, 0.25) is 0 Å². The second-order valence-electron chi connectivity index (χ2n) is 3.51. The molecule has 0 aliphatic carbocycles. The van der Waals surface area contributed by atoms with Crippen molar-refractivity contribution in [2.75, 3.05) is 0 Å². The minimum atomic E-state index is -5.37. The van der Waals surface area contributed by atoms with Crippen molar-refractivity contribution in [3.05, 3.63) is 23.3 Å². The molecule has 0 radical (unpaired) electrons. The van der Waals surface area contributed by atoms with E-state index in [-0.39, 0.29) is 68.3 Å². The molecule has 1 aromatic carbocycles. The third kappa shape index (κ3) is 5.94. The first-order chi connectivity index (χ1) is 8.04. The Morgan fingerprint density at radius 1 is 1.32 bits per heavy atom. The number of thiol groups is 1. The molecule has 0 saturated heterocycles. The van der Waals surface area contributed by atoms with E-state index in [4.69, 9.17) is 0 Å². The molecule has 3 nitrogen and oxygen atoms in total. The summed E-state index contributed by atoms with van der Waals surface area (Å²) in [6, 6.07) is 1.29. The van der Waals surface area contributed by atoms with E-state index >= 15 is 0 Å². The minimum Gasteiger partial charge on any atom is -0.445 e. The molecule has 0 N–H and O–H groups in total. The topological polar surface area (TPSA) is 43.4 Å². The third-order valence-corrected chi connectivity index (χ3v) is 2.95. The quantitative estimate of drug-likeness (QED) is 0.333. The van der Waals surface area contributed by atoms with Gasteiger partial charge < -0.3 is 17.1 Å². The average Bonchev–Trinajstić information content (AvgIpc) is 2.17. The van der Waals surface area contributed by atoms with E-state index in [0.717, 1.165) is 6.07 Å². The Labute approximate surface area is 156 Å². The van der Waals surface area contributed by atoms with E-state index in [9.17, 15) is 25.3 Å². The van der Waals surface area contributed by atoms with Crippen LogP contribution >= 0.6 is 12.6 Å². The van der Waals surface area contributed by atoms with E-state index in [1.54, 1.807) is 0 Å². The molecule has 0 fully saturated rings. The molecule has 0 amide bonds. The predicted octanol–water partition coefficient (Wildman–Crippen LogP) is -0.924. The molecular formula is C8H8BF4KO3S2. The number of halogens is 4. The fraction of sp³-hybridized carbons (Fsp3) is 0.250. The average molecular weight is 342 g/mol. The van der Waals surface area contributed by atoms with Crippen molar-refractivity contribution in [1.82, 2.24) is 0 Å². The largest absolute Gasteiger partial charge is 1.00 e. The Morgan fingerprint density at radius 3 is 2.21 bits per heavy atom. The van der Waals surface area contributed by atoms with E-state index in [1.165, 1.54) is 6.92 Å². The molecule has 0 heterocycles. The van der Waals surface area contributed by atoms with Gasteiger partial charge in [0.05, 0.1) is 0 Å². The van der Waals surface area contributed by atoms with Gasteiger partial charge in [0, 0.05) is 5.75 Å². The van der Waals surface area contributed by atoms with Crippen molar-refractivity contribution >= 4 is 35.6 Å². The Hall–Kier alpha value is 0.741. The van der Waals surface area contributed by atoms with Crippen LogP contribution in [0.4, 0.5) is 16.8 Å². The smallest absolute Gasteiger partial charge is 0.445 e. The van der Waals surface area contributed by atoms with E-state index < -0.39 is 28.7 Å². The predicted molar refractivity (Wildman–Crippen MR) is 63.2 cm³/mol. The van der Waals surface area contributed by atoms with Gasteiger partial charge >= 0.3 is 68.9 Å². The van der Waals surface area contributed by atoms with Crippen molar-refractivity contribution in [3.63, 3.8) is 0 Å². The zero-order chi connectivity index (χ0) is 14.1. The molecule has 0 aliphatic rings. The molecular weight excluding hydrogens is 334 g/mol. The molecule has 102 valence electrons. The summed E-state index contributed by atoms with van der Waals surface area (Å²) in [5, 5.41) is 0. The maximum atomic E-state index is 12.6. The third-order valence-electron chi connectivity index (χ3n) is 2.23. The number of rotatable bonds is 4. The standard InChI is InChI=1S/C8H8BF4O3S2.K/c1-5-6(4-17)2-7(9(10,11)12)3-8(5)16-18(13,14)15;/h2-3,17H,4H2,1H3;/q-1;+1. The first-order valence-corrected chi connectivity index (χ1v) is 6.57. The second kappa shape index (κ2) is 7.14. The first-order valence-electron chi connectivity index (χ1n) is 4.63. The van der Waals surface area contributed by atoms with Gasteiger partial charge in [-0.15, -0.1) is 5.46 Å². The molecule has 0 aromatic heterocycles. The summed E-state index contributed by atoms with van der Waals surface area (Å²) in [6.45, 7) is -4.03. The molecule has 1 rings (SSSR count). The molecule has 11 heteroatoms. The summed E-state index contributed by atoms with van der Waals surface area (Å²) >= 11 is 3.82. The normalized spacial score (nSPS) is 11.9.